The predicted octanol–water partition coefficient (Wildman–Crippen LogP) is -2.10. The minimum atomic E-state index is -1.88. The van der Waals surface area contributed by atoms with Gasteiger partial charge in [-0.2, -0.15) is 0 Å². The Balaban J connectivity index is 1.19. The van der Waals surface area contributed by atoms with E-state index < -0.39 is 242 Å². The van der Waals surface area contributed by atoms with E-state index in [2.05, 4.69) is 63.1 Å². The number of H-pyrrole nitrogens is 2. The number of benzene rings is 3. The maximum atomic E-state index is 15.7. The van der Waals surface area contributed by atoms with Gasteiger partial charge in [0, 0.05) is 126 Å². The molecule has 15 atom stereocenters. The molecule has 3 saturated heterocycles. The van der Waals surface area contributed by atoms with Crippen LogP contribution in [0.4, 0.5) is 0 Å². The minimum Gasteiger partial charge on any atom is -0.394 e. The molecule has 3 aromatic carbocycles. The molecule has 8 rings (SSSR count). The Bertz CT molecular complexity index is 4950. The molecule has 16 amide bonds. The summed E-state index contributed by atoms with van der Waals surface area (Å²) in [6.07, 6.45) is 0.702. The molecule has 0 unspecified atom stereocenters. The summed E-state index contributed by atoms with van der Waals surface area (Å²) in [5.41, 5.74) is 26.7. The molecule has 0 aliphatic carbocycles. The quantitative estimate of drug-likeness (QED) is 0.0160. The Hall–Kier alpha value is -12.6. The molecule has 720 valence electrons. The van der Waals surface area contributed by atoms with Crippen LogP contribution in [0.25, 0.3) is 21.8 Å². The number of hydrogen-bond donors (Lipinski definition) is 19. The molecule has 5 heterocycles. The highest BCUT2D eigenvalue weighted by molar-refractivity contribution is 8.00. The van der Waals surface area contributed by atoms with Crippen molar-refractivity contribution >= 4 is 140 Å². The van der Waals surface area contributed by atoms with E-state index in [9.17, 15) is 58.2 Å². The first-order valence-corrected chi connectivity index (χ1v) is 46.0. The van der Waals surface area contributed by atoms with Crippen molar-refractivity contribution in [2.75, 3.05) is 65.4 Å². The lowest BCUT2D eigenvalue weighted by Crippen LogP contribution is -2.62. The van der Waals surface area contributed by atoms with Gasteiger partial charge < -0.3 is 121 Å². The Morgan fingerprint density at radius 2 is 1.07 bits per heavy atom. The molecule has 2 aromatic heterocycles. The highest BCUT2D eigenvalue weighted by Crippen LogP contribution is 2.28. The number of aromatic nitrogens is 2. The minimum absolute atomic E-state index is 0.000928. The first-order valence-electron chi connectivity index (χ1n) is 44.8. The van der Waals surface area contributed by atoms with Crippen LogP contribution in [0, 0.1) is 18.3 Å². The van der Waals surface area contributed by atoms with Crippen molar-refractivity contribution in [1.82, 2.24) is 87.6 Å². The summed E-state index contributed by atoms with van der Waals surface area (Å²) in [6, 6.07) is -0.377. The number of carbonyl (C=O) groups excluding carboxylic acids is 17. The summed E-state index contributed by atoms with van der Waals surface area (Å²) in [6.45, 7) is 8.08. The topological polar surface area (TPSA) is 627 Å². The van der Waals surface area contributed by atoms with Crippen LogP contribution in [0.5, 0.6) is 0 Å². The van der Waals surface area contributed by atoms with E-state index in [4.69, 9.17) is 28.3 Å². The van der Waals surface area contributed by atoms with Crippen molar-refractivity contribution in [1.29, 1.82) is 5.41 Å². The van der Waals surface area contributed by atoms with Gasteiger partial charge in [-0.1, -0.05) is 120 Å². The Labute approximate surface area is 770 Å². The lowest BCUT2D eigenvalue weighted by molar-refractivity contribution is -0.149. The highest BCUT2D eigenvalue weighted by Gasteiger charge is 2.47. The molecule has 0 bridgehead atoms. The van der Waals surface area contributed by atoms with Crippen LogP contribution in [0.3, 0.4) is 0 Å². The van der Waals surface area contributed by atoms with Crippen LogP contribution >= 0.6 is 11.8 Å². The number of aryl methyl sites for hydroxylation is 1. The van der Waals surface area contributed by atoms with Gasteiger partial charge in [-0.25, -0.2) is 0 Å². The average molecular weight is 1860 g/mol. The fourth-order valence-corrected chi connectivity index (χ4v) is 17.3. The van der Waals surface area contributed by atoms with Gasteiger partial charge >= 0.3 is 0 Å². The van der Waals surface area contributed by atoms with Crippen molar-refractivity contribution in [3.8, 4) is 0 Å². The van der Waals surface area contributed by atoms with E-state index in [-0.39, 0.29) is 95.4 Å². The number of aliphatic hydroxyl groups is 2. The molecular weight excluding hydrogens is 1730 g/mol. The number of Topliss-reactive ketones (excluding diaryl/α,β-unsaturated/α-hetero) is 1. The third-order valence-corrected chi connectivity index (χ3v) is 25.1. The second-order valence-corrected chi connectivity index (χ2v) is 35.5. The molecule has 0 spiro atoms. The summed E-state index contributed by atoms with van der Waals surface area (Å²) >= 11 is 0.832. The van der Waals surface area contributed by atoms with E-state index in [1.807, 2.05) is 20.8 Å². The van der Waals surface area contributed by atoms with Gasteiger partial charge in [-0.3, -0.25) is 86.9 Å². The number of guanidine groups is 1. The van der Waals surface area contributed by atoms with Crippen molar-refractivity contribution in [2.24, 2.45) is 28.9 Å². The van der Waals surface area contributed by atoms with Crippen LogP contribution in [-0.4, -0.2) is 307 Å². The fraction of sp³-hybridized carbons (Fsp3) is 0.556. The number of para-hydroxylation sites is 2. The third kappa shape index (κ3) is 29.2. The molecule has 41 nitrogen and oxygen atoms in total. The zero-order valence-corrected chi connectivity index (χ0v) is 77.1. The molecule has 3 aliphatic heterocycles. The molecule has 5 aromatic rings. The summed E-state index contributed by atoms with van der Waals surface area (Å²) in [4.78, 5) is 261. The molecule has 132 heavy (non-hydrogen) atoms. The standard InChI is InChI=1S/C90H130N22O19S/c1-10-12-25-69-82(124)100-60(24-18-34-96-90(94)95)78(120)107-68(73(115)32-33-74(92)116)47-132-48-76(118)99-63(37-52-30-28-50(5)29-31-52)85(127)108(7)51(6)77(119)102-65(41-75(93)117)87(129)111-35-19-27-70(111)83(125)105-66(42-91)80(122)103-62(36-49(3)4)88(130)112-45-55(114)40-72(112)84(126)101-61(38-53-43-97-58-22-16-14-20-56(53)58)79(121)106-67(46-113)81(123)104-64(39-54-44-98-59-23-17-15-21-57(54)59)86(128)110(9)71(26-13-11-2)89(131)109(69)8/h14-17,20-23,28-31,43-44,49,51,55,60-72,97-98,113-114H,10-13,18-19,24-27,32-42,45-48,91H2,1-9H3,(H2,92,116)(H2,93,117)(H,99,118)(H,100,124)(H,101,126)(H,102,119)(H,103,122)(H,104,123)(H,105,125)(H,106,121)(H,107,120)(H4,94,95,96)/t51-,55+,60-,61-,62-,63-,64-,65-,66-,67-,68-,69-,70-,71-,72-/m0/s1. The predicted molar refractivity (Wildman–Crippen MR) is 491 cm³/mol. The van der Waals surface area contributed by atoms with Crippen molar-refractivity contribution in [3.05, 3.63) is 107 Å². The Morgan fingerprint density at radius 3 is 1.67 bits per heavy atom. The summed E-state index contributed by atoms with van der Waals surface area (Å²) in [5, 5.41) is 58.3. The number of fused-ring (bicyclic) bond motifs is 4. The number of thioether (sulfide) groups is 1. The molecule has 0 saturated carbocycles. The van der Waals surface area contributed by atoms with E-state index >= 15 is 33.6 Å². The largest absolute Gasteiger partial charge is 0.394 e. The number of amides is 16. The molecule has 23 N–H and O–H groups in total. The number of nitrogens with one attached hydrogen (secondary N) is 13. The van der Waals surface area contributed by atoms with Gasteiger partial charge in [-0.15, -0.1) is 11.8 Å². The number of aromatic amines is 2. The number of hydrogen-bond acceptors (Lipinski definition) is 22. The number of rotatable bonds is 26. The van der Waals surface area contributed by atoms with Gasteiger partial charge in [0.05, 0.1) is 30.9 Å². The van der Waals surface area contributed by atoms with Crippen molar-refractivity contribution in [2.45, 2.75) is 248 Å². The maximum Gasteiger partial charge on any atom is 0.246 e. The summed E-state index contributed by atoms with van der Waals surface area (Å²) in [5.74, 6) is -17.0. The average Bonchev–Trinajstić information content (AvgIpc) is 1.60. The van der Waals surface area contributed by atoms with E-state index in [1.165, 1.54) is 28.1 Å². The smallest absolute Gasteiger partial charge is 0.246 e. The monoisotopic (exact) mass is 1850 g/mol. The zero-order valence-electron chi connectivity index (χ0n) is 76.3. The van der Waals surface area contributed by atoms with E-state index in [0.717, 1.165) is 41.8 Å². The van der Waals surface area contributed by atoms with Crippen LogP contribution in [0.1, 0.15) is 153 Å². The zero-order chi connectivity index (χ0) is 96.9. The molecule has 3 aliphatic rings. The van der Waals surface area contributed by atoms with Gasteiger partial charge in [0.2, 0.25) is 94.5 Å². The number of nitrogens with zero attached hydrogens (tertiary/aromatic N) is 5. The number of aliphatic hydroxyl groups excluding tert-OH is 2. The van der Waals surface area contributed by atoms with Crippen molar-refractivity contribution in [3.63, 3.8) is 0 Å². The van der Waals surface area contributed by atoms with E-state index in [0.29, 0.717) is 64.2 Å². The second kappa shape index (κ2) is 50.2. The third-order valence-electron chi connectivity index (χ3n) is 24.0. The summed E-state index contributed by atoms with van der Waals surface area (Å²) in [7, 11) is 3.97. The molecule has 0 radical (unpaired) electrons. The highest BCUT2D eigenvalue weighted by atomic mass is 32.2. The summed E-state index contributed by atoms with van der Waals surface area (Å²) < 4.78 is 0. The number of nitrogens with two attached hydrogens (primary N) is 4. The van der Waals surface area contributed by atoms with Gasteiger partial charge in [0.15, 0.2) is 11.7 Å². The molecular formula is C90H130N22O19S. The van der Waals surface area contributed by atoms with Crippen LogP contribution in [0.15, 0.2) is 85.2 Å². The fourth-order valence-electron chi connectivity index (χ4n) is 16.4. The number of unbranched alkanes of at least 4 members (excludes halogenated alkanes) is 2. The molecule has 42 heteroatoms. The van der Waals surface area contributed by atoms with Crippen LogP contribution in [-0.2, 0) is 101 Å². The van der Waals surface area contributed by atoms with Gasteiger partial charge in [-0.05, 0) is 93.5 Å². The Kier molecular flexibility index (Phi) is 39.8. The van der Waals surface area contributed by atoms with Crippen LogP contribution < -0.4 is 76.1 Å². The second-order valence-electron chi connectivity index (χ2n) is 34.5. The van der Waals surface area contributed by atoms with Crippen molar-refractivity contribution < 1.29 is 91.7 Å². The number of primary amides is 2. The van der Waals surface area contributed by atoms with E-state index in [1.54, 1.807) is 99.0 Å². The maximum absolute atomic E-state index is 15.7. The van der Waals surface area contributed by atoms with Crippen LogP contribution in [0.2, 0.25) is 0 Å². The normalized spacial score (nSPS) is 25.1. The number of carbonyl (C=O) groups is 17. The number of likely N-dealkylation sites (N-methyl/N-ethyl adjacent to an activating group) is 3. The SMILES string of the molecule is CCCC[C@H]1C(=O)N(C)[C@@H](CCCC)C(=O)N[C@@H](CCCNC(=N)N)C(=O)N[C@H](C(=O)CCC(N)=O)CSCC(=O)N[C@@H](Cc2ccc(C)cc2)C(=O)N(C)[C@@H](C)C(=O)N[C@@H](CC(N)=O)C(=O)N2CCC[C@H]2C(=O)N[C@@H](CN)C(=O)N[C@@H](CC(C)C)C(=O)N2C[C@H](O)C[C@H]2C(=O)N[C@@H](Cc2c[nH]c3ccccc23)C(=O)N[C@@H](CO)C(=O)N[C@@H](Cc2c[nH]c3ccccc23)C(=O)N1C. The lowest BCUT2D eigenvalue weighted by atomic mass is 10.00. The van der Waals surface area contributed by atoms with Gasteiger partial charge in [0.1, 0.15) is 78.5 Å². The lowest BCUT2D eigenvalue weighted by Gasteiger charge is -2.36. The Morgan fingerprint density at radius 1 is 0.545 bits per heavy atom. The van der Waals surface area contributed by atoms with Gasteiger partial charge in [0.25, 0.3) is 0 Å². The molecule has 3 fully saturated rings. The first kappa shape index (κ1) is 105. The number of ketones is 1. The first-order chi connectivity index (χ1) is 62.8.